The number of primary amides is 1. The van der Waals surface area contributed by atoms with Gasteiger partial charge in [-0.2, -0.15) is 0 Å². The maximum absolute atomic E-state index is 13.5. The summed E-state index contributed by atoms with van der Waals surface area (Å²) in [6.07, 6.45) is 0.466. The first-order valence-corrected chi connectivity index (χ1v) is 9.67. The summed E-state index contributed by atoms with van der Waals surface area (Å²) in [5.74, 6) is -2.21. The Morgan fingerprint density at radius 1 is 1.00 bits per heavy atom. The average Bonchev–Trinajstić information content (AvgIpc) is 3.09. The van der Waals surface area contributed by atoms with E-state index in [1.165, 1.54) is 17.4 Å². The summed E-state index contributed by atoms with van der Waals surface area (Å²) in [5, 5.41) is 1.49. The van der Waals surface area contributed by atoms with Gasteiger partial charge in [-0.3, -0.25) is 4.79 Å². The highest BCUT2D eigenvalue weighted by atomic mass is 35.5. The van der Waals surface area contributed by atoms with Gasteiger partial charge in [-0.15, -0.1) is 11.3 Å². The van der Waals surface area contributed by atoms with Crippen LogP contribution in [0.1, 0.15) is 20.8 Å². The molecule has 3 aromatic carbocycles. The van der Waals surface area contributed by atoms with Crippen LogP contribution in [-0.4, -0.2) is 5.91 Å². The highest BCUT2D eigenvalue weighted by Gasteiger charge is 2.13. The van der Waals surface area contributed by atoms with Gasteiger partial charge in [0, 0.05) is 32.0 Å². The molecule has 1 aromatic heterocycles. The Hall–Kier alpha value is -2.76. The molecule has 0 bridgehead atoms. The van der Waals surface area contributed by atoms with Crippen molar-refractivity contribution < 1.29 is 13.6 Å². The summed E-state index contributed by atoms with van der Waals surface area (Å²) in [6.45, 7) is 0. The van der Waals surface area contributed by atoms with Gasteiger partial charge in [0.1, 0.15) is 0 Å². The first-order chi connectivity index (χ1) is 13.4. The lowest BCUT2D eigenvalue weighted by atomic mass is 10.0. The average molecular weight is 414 g/mol. The van der Waals surface area contributed by atoms with Gasteiger partial charge in [0.25, 0.3) is 0 Å². The molecule has 4 rings (SSSR count). The number of benzene rings is 3. The molecule has 0 saturated heterocycles. The molecule has 4 aromatic rings. The van der Waals surface area contributed by atoms with E-state index in [2.05, 4.69) is 0 Å². The zero-order chi connectivity index (χ0) is 19.8. The smallest absolute Gasteiger partial charge is 0.248 e. The summed E-state index contributed by atoms with van der Waals surface area (Å²) in [6, 6.07) is 16.7. The van der Waals surface area contributed by atoms with Gasteiger partial charge in [-0.25, -0.2) is 8.78 Å². The third-order valence-corrected chi connectivity index (χ3v) is 6.00. The van der Waals surface area contributed by atoms with E-state index in [4.69, 9.17) is 17.3 Å². The van der Waals surface area contributed by atoms with Gasteiger partial charge in [-0.05, 0) is 53.1 Å². The zero-order valence-electron chi connectivity index (χ0n) is 14.5. The van der Waals surface area contributed by atoms with Gasteiger partial charge in [0.15, 0.2) is 11.6 Å². The Morgan fingerprint density at radius 3 is 2.57 bits per heavy atom. The molecule has 1 amide bonds. The second-order valence-electron chi connectivity index (χ2n) is 6.42. The number of amides is 1. The number of carbonyl (C=O) groups excluding carboxylic acids is 1. The molecule has 0 saturated carbocycles. The number of halogens is 3. The Balaban J connectivity index is 1.79. The lowest BCUT2D eigenvalue weighted by Gasteiger charge is -2.06. The van der Waals surface area contributed by atoms with Crippen molar-refractivity contribution >= 4 is 38.9 Å². The highest BCUT2D eigenvalue weighted by Crippen LogP contribution is 2.39. The van der Waals surface area contributed by atoms with Crippen molar-refractivity contribution in [3.05, 3.63) is 93.3 Å². The fourth-order valence-corrected chi connectivity index (χ4v) is 4.67. The monoisotopic (exact) mass is 413 g/mol. The highest BCUT2D eigenvalue weighted by molar-refractivity contribution is 7.19. The molecule has 1 heterocycles. The van der Waals surface area contributed by atoms with Gasteiger partial charge in [-0.1, -0.05) is 35.9 Å². The van der Waals surface area contributed by atoms with Crippen molar-refractivity contribution in [2.24, 2.45) is 5.73 Å². The standard InChI is InChI=1S/C22H14ClF2NOS/c23-18-6-5-16(13-2-1-3-14(10-13)22(26)27)21-17(18)11-15(28-21)8-12-4-7-19(24)20(25)9-12/h1-7,9-11H,8H2,(H2,26,27). The van der Waals surface area contributed by atoms with Crippen LogP contribution < -0.4 is 5.73 Å². The molecule has 0 aliphatic carbocycles. The minimum atomic E-state index is -0.861. The Labute approximate surface area is 169 Å². The van der Waals surface area contributed by atoms with Gasteiger partial charge in [0.2, 0.25) is 5.91 Å². The number of hydrogen-bond acceptors (Lipinski definition) is 2. The first-order valence-electron chi connectivity index (χ1n) is 8.47. The normalized spacial score (nSPS) is 11.1. The lowest BCUT2D eigenvalue weighted by Crippen LogP contribution is -2.10. The molecular weight excluding hydrogens is 400 g/mol. The predicted octanol–water partition coefficient (Wildman–Crippen LogP) is 6.19. The molecule has 140 valence electrons. The van der Waals surface area contributed by atoms with Crippen molar-refractivity contribution in [1.29, 1.82) is 0 Å². The lowest BCUT2D eigenvalue weighted by molar-refractivity contribution is 0.100. The van der Waals surface area contributed by atoms with Crippen LogP contribution in [0.15, 0.2) is 60.7 Å². The van der Waals surface area contributed by atoms with E-state index in [9.17, 15) is 13.6 Å². The van der Waals surface area contributed by atoms with E-state index < -0.39 is 17.5 Å². The van der Waals surface area contributed by atoms with Gasteiger partial charge < -0.3 is 5.73 Å². The maximum Gasteiger partial charge on any atom is 0.248 e. The van der Waals surface area contributed by atoms with E-state index in [1.807, 2.05) is 24.3 Å². The van der Waals surface area contributed by atoms with Gasteiger partial charge in [0.05, 0.1) is 0 Å². The van der Waals surface area contributed by atoms with Crippen LogP contribution >= 0.6 is 22.9 Å². The number of rotatable bonds is 4. The molecule has 0 aliphatic heterocycles. The zero-order valence-corrected chi connectivity index (χ0v) is 16.1. The first kappa shape index (κ1) is 18.6. The fourth-order valence-electron chi connectivity index (χ4n) is 3.15. The fraction of sp³-hybridized carbons (Fsp3) is 0.0455. The minimum Gasteiger partial charge on any atom is -0.366 e. The molecule has 0 fully saturated rings. The molecular formula is C22H14ClF2NOS. The predicted molar refractivity (Wildman–Crippen MR) is 110 cm³/mol. The quantitative estimate of drug-likeness (QED) is 0.426. The molecule has 0 radical (unpaired) electrons. The summed E-state index contributed by atoms with van der Waals surface area (Å²) in [7, 11) is 0. The Bertz CT molecular complexity index is 1220. The van der Waals surface area contributed by atoms with Crippen molar-refractivity contribution in [3.8, 4) is 11.1 Å². The van der Waals surface area contributed by atoms with E-state index in [1.54, 1.807) is 24.3 Å². The van der Waals surface area contributed by atoms with Crippen LogP contribution in [-0.2, 0) is 6.42 Å². The molecule has 2 N–H and O–H groups in total. The number of carbonyl (C=O) groups is 1. The van der Waals surface area contributed by atoms with Crippen LogP contribution in [0.5, 0.6) is 0 Å². The molecule has 6 heteroatoms. The minimum absolute atomic E-state index is 0.430. The van der Waals surface area contributed by atoms with Crippen molar-refractivity contribution in [1.82, 2.24) is 0 Å². The van der Waals surface area contributed by atoms with E-state index in [0.717, 1.165) is 32.2 Å². The third kappa shape index (κ3) is 3.51. The molecule has 0 atom stereocenters. The van der Waals surface area contributed by atoms with E-state index >= 15 is 0 Å². The van der Waals surface area contributed by atoms with Crippen LogP contribution in [0.25, 0.3) is 21.2 Å². The molecule has 28 heavy (non-hydrogen) atoms. The maximum atomic E-state index is 13.5. The van der Waals surface area contributed by atoms with Crippen LogP contribution in [0.2, 0.25) is 5.02 Å². The second-order valence-corrected chi connectivity index (χ2v) is 7.96. The molecule has 2 nitrogen and oxygen atoms in total. The van der Waals surface area contributed by atoms with E-state index in [-0.39, 0.29) is 0 Å². The Morgan fingerprint density at radius 2 is 1.82 bits per heavy atom. The van der Waals surface area contributed by atoms with Crippen molar-refractivity contribution in [3.63, 3.8) is 0 Å². The van der Waals surface area contributed by atoms with Crippen molar-refractivity contribution in [2.45, 2.75) is 6.42 Å². The molecule has 0 spiro atoms. The Kier molecular flexibility index (Phi) is 4.87. The van der Waals surface area contributed by atoms with Crippen LogP contribution in [0.3, 0.4) is 0 Å². The number of hydrogen-bond donors (Lipinski definition) is 1. The van der Waals surface area contributed by atoms with E-state index in [0.29, 0.717) is 22.6 Å². The number of nitrogens with two attached hydrogens (primary N) is 1. The summed E-state index contributed by atoms with van der Waals surface area (Å²) < 4.78 is 27.6. The topological polar surface area (TPSA) is 43.1 Å². The SMILES string of the molecule is NC(=O)c1cccc(-c2ccc(Cl)c3cc(Cc4ccc(F)c(F)c4)sc23)c1. The van der Waals surface area contributed by atoms with Crippen LogP contribution in [0.4, 0.5) is 8.78 Å². The number of fused-ring (bicyclic) bond motifs is 1. The molecule has 0 aliphatic rings. The number of thiophene rings is 1. The summed E-state index contributed by atoms with van der Waals surface area (Å²) in [5.41, 5.74) is 8.30. The largest absolute Gasteiger partial charge is 0.366 e. The van der Waals surface area contributed by atoms with Crippen LogP contribution in [0, 0.1) is 11.6 Å². The van der Waals surface area contributed by atoms with Crippen molar-refractivity contribution in [2.75, 3.05) is 0 Å². The third-order valence-electron chi connectivity index (χ3n) is 4.50. The van der Waals surface area contributed by atoms with Gasteiger partial charge >= 0.3 is 0 Å². The molecule has 0 unspecified atom stereocenters. The summed E-state index contributed by atoms with van der Waals surface area (Å²) in [4.78, 5) is 12.5. The second kappa shape index (κ2) is 7.34. The summed E-state index contributed by atoms with van der Waals surface area (Å²) >= 11 is 7.92.